The van der Waals surface area contributed by atoms with Gasteiger partial charge >= 0.3 is 11.9 Å². The van der Waals surface area contributed by atoms with Crippen molar-refractivity contribution in [3.8, 4) is 0 Å². The van der Waals surface area contributed by atoms with E-state index in [1.165, 1.54) is 7.11 Å². The summed E-state index contributed by atoms with van der Waals surface area (Å²) >= 11 is 0. The van der Waals surface area contributed by atoms with E-state index in [1.807, 2.05) is 26.0 Å². The van der Waals surface area contributed by atoms with Gasteiger partial charge in [0.25, 0.3) is 5.91 Å². The highest BCUT2D eigenvalue weighted by Gasteiger charge is 2.12. The van der Waals surface area contributed by atoms with Crippen LogP contribution in [0.2, 0.25) is 0 Å². The molecule has 0 aromatic heterocycles. The Bertz CT molecular complexity index is 811. The van der Waals surface area contributed by atoms with Crippen LogP contribution in [0.15, 0.2) is 42.5 Å². The van der Waals surface area contributed by atoms with Gasteiger partial charge in [0, 0.05) is 6.54 Å². The van der Waals surface area contributed by atoms with E-state index in [4.69, 9.17) is 4.74 Å². The topological polar surface area (TPSA) is 81.7 Å². The number of carbonyl (C=O) groups excluding carboxylic acids is 3. The van der Waals surface area contributed by atoms with Gasteiger partial charge in [0.1, 0.15) is 0 Å². The summed E-state index contributed by atoms with van der Waals surface area (Å²) in [5.41, 5.74) is 3.55. The van der Waals surface area contributed by atoms with Gasteiger partial charge in [0.2, 0.25) is 0 Å². The molecule has 26 heavy (non-hydrogen) atoms. The fourth-order valence-corrected chi connectivity index (χ4v) is 2.38. The number of benzene rings is 2. The molecule has 6 nitrogen and oxygen atoms in total. The van der Waals surface area contributed by atoms with Gasteiger partial charge in [-0.1, -0.05) is 29.8 Å². The highest BCUT2D eigenvalue weighted by Crippen LogP contribution is 2.11. The van der Waals surface area contributed by atoms with Crippen LogP contribution in [0, 0.1) is 13.8 Å². The first kappa shape index (κ1) is 19.2. The molecule has 0 unspecified atom stereocenters. The number of methoxy groups -OCH3 is 1. The maximum absolute atomic E-state index is 12.0. The highest BCUT2D eigenvalue weighted by molar-refractivity contribution is 5.92. The van der Waals surface area contributed by atoms with Gasteiger partial charge in [-0.05, 0) is 43.2 Å². The van der Waals surface area contributed by atoms with Crippen molar-refractivity contribution in [2.24, 2.45) is 0 Å². The summed E-state index contributed by atoms with van der Waals surface area (Å²) in [4.78, 5) is 35.2. The number of amides is 1. The van der Waals surface area contributed by atoms with E-state index in [0.717, 1.165) is 16.7 Å². The molecule has 0 aliphatic carbocycles. The fourth-order valence-electron chi connectivity index (χ4n) is 2.38. The largest absolute Gasteiger partial charge is 0.465 e. The van der Waals surface area contributed by atoms with Crippen LogP contribution < -0.4 is 5.32 Å². The van der Waals surface area contributed by atoms with E-state index in [-0.39, 0.29) is 13.2 Å². The normalized spacial score (nSPS) is 10.1. The Balaban J connectivity index is 1.81. The smallest absolute Gasteiger partial charge is 0.338 e. The van der Waals surface area contributed by atoms with Crippen LogP contribution in [0.4, 0.5) is 0 Å². The Labute approximate surface area is 152 Å². The molecule has 2 aromatic rings. The summed E-state index contributed by atoms with van der Waals surface area (Å²) in [5, 5.41) is 2.66. The van der Waals surface area contributed by atoms with E-state index in [2.05, 4.69) is 10.1 Å². The lowest BCUT2D eigenvalue weighted by Crippen LogP contribution is -2.28. The SMILES string of the molecule is COC(=O)c1ccc(CNC(=O)COC(=O)c2ccc(C)cc2C)cc1. The molecule has 2 aromatic carbocycles. The van der Waals surface area contributed by atoms with Gasteiger partial charge in [-0.15, -0.1) is 0 Å². The zero-order valence-corrected chi connectivity index (χ0v) is 15.0. The molecule has 2 rings (SSSR count). The Kier molecular flexibility index (Phi) is 6.49. The van der Waals surface area contributed by atoms with Crippen molar-refractivity contribution in [2.75, 3.05) is 13.7 Å². The lowest BCUT2D eigenvalue weighted by Gasteiger charge is -2.09. The minimum atomic E-state index is -0.528. The van der Waals surface area contributed by atoms with Crippen molar-refractivity contribution in [3.05, 3.63) is 70.3 Å². The third-order valence-electron chi connectivity index (χ3n) is 3.80. The van der Waals surface area contributed by atoms with Crippen LogP contribution in [0.3, 0.4) is 0 Å². The van der Waals surface area contributed by atoms with Crippen molar-refractivity contribution in [1.82, 2.24) is 5.32 Å². The molecule has 6 heteroatoms. The predicted molar refractivity (Wildman–Crippen MR) is 95.8 cm³/mol. The molecule has 136 valence electrons. The molecular weight excluding hydrogens is 334 g/mol. The van der Waals surface area contributed by atoms with Crippen LogP contribution in [-0.4, -0.2) is 31.6 Å². The Hall–Kier alpha value is -3.15. The number of hydrogen-bond donors (Lipinski definition) is 1. The minimum absolute atomic E-state index is 0.265. The second kappa shape index (κ2) is 8.80. The molecule has 0 aliphatic rings. The Morgan fingerprint density at radius 1 is 0.962 bits per heavy atom. The number of ether oxygens (including phenoxy) is 2. The average molecular weight is 355 g/mol. The molecule has 0 heterocycles. The molecule has 1 amide bonds. The molecule has 0 bridgehead atoms. The van der Waals surface area contributed by atoms with Crippen molar-refractivity contribution in [1.29, 1.82) is 0 Å². The van der Waals surface area contributed by atoms with Crippen molar-refractivity contribution in [2.45, 2.75) is 20.4 Å². The maximum Gasteiger partial charge on any atom is 0.338 e. The Morgan fingerprint density at radius 3 is 2.27 bits per heavy atom. The lowest BCUT2D eigenvalue weighted by molar-refractivity contribution is -0.124. The van der Waals surface area contributed by atoms with Crippen molar-refractivity contribution in [3.63, 3.8) is 0 Å². The third kappa shape index (κ3) is 5.17. The molecule has 1 N–H and O–H groups in total. The number of aryl methyl sites for hydroxylation is 2. The van der Waals surface area contributed by atoms with Gasteiger partial charge in [0.15, 0.2) is 6.61 Å². The summed E-state index contributed by atoms with van der Waals surface area (Å²) in [6.07, 6.45) is 0. The molecule has 0 fully saturated rings. The first-order valence-electron chi connectivity index (χ1n) is 8.09. The number of hydrogen-bond acceptors (Lipinski definition) is 5. The molecule has 0 radical (unpaired) electrons. The summed E-state index contributed by atoms with van der Waals surface area (Å²) in [6, 6.07) is 12.1. The zero-order chi connectivity index (χ0) is 19.1. The van der Waals surface area contributed by atoms with E-state index in [0.29, 0.717) is 11.1 Å². The molecule has 0 atom stereocenters. The Morgan fingerprint density at radius 2 is 1.65 bits per heavy atom. The second-order valence-corrected chi connectivity index (χ2v) is 5.86. The average Bonchev–Trinajstić information content (AvgIpc) is 2.64. The van der Waals surface area contributed by atoms with E-state index >= 15 is 0 Å². The molecule has 0 saturated carbocycles. The molecule has 0 aliphatic heterocycles. The van der Waals surface area contributed by atoms with Crippen LogP contribution in [0.1, 0.15) is 37.4 Å². The monoisotopic (exact) mass is 355 g/mol. The van der Waals surface area contributed by atoms with Gasteiger partial charge in [-0.2, -0.15) is 0 Å². The number of carbonyl (C=O) groups is 3. The van der Waals surface area contributed by atoms with Gasteiger partial charge in [-0.25, -0.2) is 9.59 Å². The van der Waals surface area contributed by atoms with Crippen molar-refractivity contribution >= 4 is 17.8 Å². The summed E-state index contributed by atoms with van der Waals surface area (Å²) in [6.45, 7) is 3.67. The standard InChI is InChI=1S/C20H21NO5/c1-13-4-9-17(14(2)10-13)20(24)26-12-18(22)21-11-15-5-7-16(8-6-15)19(23)25-3/h4-10H,11-12H2,1-3H3,(H,21,22). The van der Waals surface area contributed by atoms with Gasteiger partial charge in [0.05, 0.1) is 18.2 Å². The quantitative estimate of drug-likeness (QED) is 0.806. The van der Waals surface area contributed by atoms with Gasteiger partial charge in [-0.3, -0.25) is 4.79 Å². The molecule has 0 saturated heterocycles. The highest BCUT2D eigenvalue weighted by atomic mass is 16.5. The predicted octanol–water partition coefficient (Wildman–Crippen LogP) is 2.56. The van der Waals surface area contributed by atoms with Crippen LogP contribution >= 0.6 is 0 Å². The van der Waals surface area contributed by atoms with Crippen LogP contribution in [0.25, 0.3) is 0 Å². The molecular formula is C20H21NO5. The van der Waals surface area contributed by atoms with E-state index in [1.54, 1.807) is 30.3 Å². The van der Waals surface area contributed by atoms with Crippen LogP contribution in [-0.2, 0) is 20.8 Å². The molecule has 0 spiro atoms. The first-order valence-corrected chi connectivity index (χ1v) is 8.09. The van der Waals surface area contributed by atoms with Crippen LogP contribution in [0.5, 0.6) is 0 Å². The number of esters is 2. The maximum atomic E-state index is 12.0. The van der Waals surface area contributed by atoms with Crippen molar-refractivity contribution < 1.29 is 23.9 Å². The number of rotatable bonds is 6. The fraction of sp³-hybridized carbons (Fsp3) is 0.250. The minimum Gasteiger partial charge on any atom is -0.465 e. The summed E-state index contributed by atoms with van der Waals surface area (Å²) in [5.74, 6) is -1.35. The van der Waals surface area contributed by atoms with E-state index in [9.17, 15) is 14.4 Å². The zero-order valence-electron chi connectivity index (χ0n) is 15.0. The number of nitrogens with one attached hydrogen (secondary N) is 1. The lowest BCUT2D eigenvalue weighted by atomic mass is 10.1. The second-order valence-electron chi connectivity index (χ2n) is 5.86. The first-order chi connectivity index (χ1) is 12.4. The third-order valence-corrected chi connectivity index (χ3v) is 3.80. The summed E-state index contributed by atoms with van der Waals surface area (Å²) < 4.78 is 9.67. The summed E-state index contributed by atoms with van der Waals surface area (Å²) in [7, 11) is 1.32. The van der Waals surface area contributed by atoms with Gasteiger partial charge < -0.3 is 14.8 Å². The van der Waals surface area contributed by atoms with E-state index < -0.39 is 17.8 Å².